The van der Waals surface area contributed by atoms with Crippen LogP contribution in [0.4, 0.5) is 0 Å². The number of nitrogens with one attached hydrogen (secondary N) is 1. The summed E-state index contributed by atoms with van der Waals surface area (Å²) in [5.41, 5.74) is 3.32. The third kappa shape index (κ3) is 3.03. The second-order valence-electron chi connectivity index (χ2n) is 4.02. The van der Waals surface area contributed by atoms with Gasteiger partial charge in [-0.3, -0.25) is 0 Å². The maximum absolute atomic E-state index is 5.18. The molecule has 0 amide bonds. The zero-order valence-corrected chi connectivity index (χ0v) is 11.1. The molecular weight excluding hydrogens is 232 g/mol. The maximum atomic E-state index is 5.18. The number of nitrogens with zero attached hydrogens (tertiary/aromatic N) is 1. The summed E-state index contributed by atoms with van der Waals surface area (Å²) < 4.78 is 5.18. The van der Waals surface area contributed by atoms with Crippen molar-refractivity contribution in [1.82, 2.24) is 9.97 Å². The quantitative estimate of drug-likeness (QED) is 0.663. The van der Waals surface area contributed by atoms with Gasteiger partial charge in [0.15, 0.2) is 5.16 Å². The number of thioether (sulfide) groups is 1. The van der Waals surface area contributed by atoms with E-state index in [2.05, 4.69) is 29.9 Å². The Morgan fingerprint density at radius 1 is 1.47 bits per heavy atom. The SMILES string of the molecule is COc1ccc2nc(SCC=C(C)C)[nH]c2c1. The van der Waals surface area contributed by atoms with Gasteiger partial charge in [-0.1, -0.05) is 23.4 Å². The van der Waals surface area contributed by atoms with Gasteiger partial charge >= 0.3 is 0 Å². The Bertz CT molecular complexity index is 541. The number of imidazole rings is 1. The smallest absolute Gasteiger partial charge is 0.166 e. The Labute approximate surface area is 105 Å². The second kappa shape index (κ2) is 5.27. The van der Waals surface area contributed by atoms with Crippen molar-refractivity contribution in [1.29, 1.82) is 0 Å². The fraction of sp³-hybridized carbons (Fsp3) is 0.308. The van der Waals surface area contributed by atoms with Crippen LogP contribution in [-0.2, 0) is 0 Å². The van der Waals surface area contributed by atoms with E-state index in [9.17, 15) is 0 Å². The van der Waals surface area contributed by atoms with E-state index < -0.39 is 0 Å². The molecule has 0 spiro atoms. The molecule has 2 rings (SSSR count). The molecule has 1 aromatic carbocycles. The molecule has 1 N–H and O–H groups in total. The first-order chi connectivity index (χ1) is 8.19. The molecule has 0 atom stereocenters. The minimum absolute atomic E-state index is 0.849. The summed E-state index contributed by atoms with van der Waals surface area (Å²) >= 11 is 1.70. The molecule has 2 aromatic rings. The standard InChI is InChI=1S/C13H16N2OS/c1-9(2)6-7-17-13-14-11-5-4-10(16-3)8-12(11)15-13/h4-6,8H,7H2,1-3H3,(H,14,15). The van der Waals surface area contributed by atoms with Crippen molar-refractivity contribution in [2.75, 3.05) is 12.9 Å². The molecule has 0 saturated carbocycles. The van der Waals surface area contributed by atoms with Crippen LogP contribution >= 0.6 is 11.8 Å². The van der Waals surface area contributed by atoms with E-state index in [1.54, 1.807) is 18.9 Å². The lowest BCUT2D eigenvalue weighted by Gasteiger charge is -1.96. The summed E-state index contributed by atoms with van der Waals surface area (Å²) in [6.07, 6.45) is 2.19. The highest BCUT2D eigenvalue weighted by molar-refractivity contribution is 7.99. The molecule has 0 aliphatic carbocycles. The molecule has 0 fully saturated rings. The number of hydrogen-bond acceptors (Lipinski definition) is 3. The zero-order valence-electron chi connectivity index (χ0n) is 10.3. The number of aromatic amines is 1. The van der Waals surface area contributed by atoms with Gasteiger partial charge in [0.05, 0.1) is 18.1 Å². The molecule has 1 aromatic heterocycles. The summed E-state index contributed by atoms with van der Waals surface area (Å²) in [6, 6.07) is 5.86. The van der Waals surface area contributed by atoms with E-state index in [1.807, 2.05) is 18.2 Å². The number of rotatable bonds is 4. The Kier molecular flexibility index (Phi) is 3.74. The highest BCUT2D eigenvalue weighted by Crippen LogP contribution is 2.23. The molecule has 3 nitrogen and oxygen atoms in total. The maximum Gasteiger partial charge on any atom is 0.166 e. The van der Waals surface area contributed by atoms with E-state index >= 15 is 0 Å². The third-order valence-corrected chi connectivity index (χ3v) is 3.18. The lowest BCUT2D eigenvalue weighted by atomic mass is 10.3. The molecule has 0 aliphatic heterocycles. The Morgan fingerprint density at radius 2 is 2.29 bits per heavy atom. The van der Waals surface area contributed by atoms with Crippen molar-refractivity contribution in [2.24, 2.45) is 0 Å². The Hall–Kier alpha value is -1.42. The van der Waals surface area contributed by atoms with Crippen molar-refractivity contribution in [3.05, 3.63) is 29.8 Å². The van der Waals surface area contributed by atoms with Crippen molar-refractivity contribution in [2.45, 2.75) is 19.0 Å². The minimum Gasteiger partial charge on any atom is -0.497 e. The average molecular weight is 248 g/mol. The largest absolute Gasteiger partial charge is 0.497 e. The summed E-state index contributed by atoms with van der Waals surface area (Å²) in [6.45, 7) is 4.20. The third-order valence-electron chi connectivity index (χ3n) is 2.38. The molecule has 0 radical (unpaired) electrons. The number of methoxy groups -OCH3 is 1. The molecular formula is C13H16N2OS. The normalized spacial score (nSPS) is 10.5. The second-order valence-corrected chi connectivity index (χ2v) is 5.03. The lowest BCUT2D eigenvalue weighted by molar-refractivity contribution is 0.415. The first-order valence-corrected chi connectivity index (χ1v) is 6.47. The van der Waals surface area contributed by atoms with Gasteiger partial charge in [-0.15, -0.1) is 0 Å². The van der Waals surface area contributed by atoms with E-state index in [1.165, 1.54) is 5.57 Å². The van der Waals surface area contributed by atoms with Gasteiger partial charge in [-0.05, 0) is 26.0 Å². The summed E-state index contributed by atoms with van der Waals surface area (Å²) in [7, 11) is 1.67. The van der Waals surface area contributed by atoms with Gasteiger partial charge in [0.1, 0.15) is 5.75 Å². The van der Waals surface area contributed by atoms with Crippen LogP contribution in [0, 0.1) is 0 Å². The van der Waals surface area contributed by atoms with Crippen molar-refractivity contribution < 1.29 is 4.74 Å². The first kappa shape index (κ1) is 12.0. The number of fused-ring (bicyclic) bond motifs is 1. The minimum atomic E-state index is 0.849. The molecule has 17 heavy (non-hydrogen) atoms. The van der Waals surface area contributed by atoms with Gasteiger partial charge in [-0.25, -0.2) is 4.98 Å². The molecule has 1 heterocycles. The predicted octanol–water partition coefficient (Wildman–Crippen LogP) is 3.63. The van der Waals surface area contributed by atoms with Gasteiger partial charge in [0, 0.05) is 11.8 Å². The molecule has 0 bridgehead atoms. The zero-order chi connectivity index (χ0) is 12.3. The average Bonchev–Trinajstić information content (AvgIpc) is 2.69. The van der Waals surface area contributed by atoms with E-state index in [-0.39, 0.29) is 0 Å². The van der Waals surface area contributed by atoms with Crippen LogP contribution in [0.5, 0.6) is 5.75 Å². The number of benzene rings is 1. The highest BCUT2D eigenvalue weighted by Gasteiger charge is 2.03. The van der Waals surface area contributed by atoms with Crippen LogP contribution in [0.15, 0.2) is 35.0 Å². The van der Waals surface area contributed by atoms with Gasteiger partial charge in [0.2, 0.25) is 0 Å². The number of H-pyrrole nitrogens is 1. The summed E-state index contributed by atoms with van der Waals surface area (Å²) in [5, 5.41) is 0.950. The Morgan fingerprint density at radius 3 is 3.00 bits per heavy atom. The van der Waals surface area contributed by atoms with Crippen molar-refractivity contribution >= 4 is 22.8 Å². The van der Waals surface area contributed by atoms with E-state index in [0.29, 0.717) is 0 Å². The van der Waals surface area contributed by atoms with Crippen LogP contribution < -0.4 is 4.74 Å². The number of aromatic nitrogens is 2. The molecule has 4 heteroatoms. The van der Waals surface area contributed by atoms with Crippen LogP contribution in [0.1, 0.15) is 13.8 Å². The van der Waals surface area contributed by atoms with Gasteiger partial charge in [0.25, 0.3) is 0 Å². The van der Waals surface area contributed by atoms with Gasteiger partial charge < -0.3 is 9.72 Å². The molecule has 0 saturated heterocycles. The topological polar surface area (TPSA) is 37.9 Å². The predicted molar refractivity (Wildman–Crippen MR) is 72.8 cm³/mol. The fourth-order valence-corrected chi connectivity index (χ4v) is 2.37. The first-order valence-electron chi connectivity index (χ1n) is 5.49. The molecule has 0 aliphatic rings. The van der Waals surface area contributed by atoms with Crippen molar-refractivity contribution in [3.63, 3.8) is 0 Å². The van der Waals surface area contributed by atoms with Crippen LogP contribution in [0.2, 0.25) is 0 Å². The highest BCUT2D eigenvalue weighted by atomic mass is 32.2. The number of allylic oxidation sites excluding steroid dienone is 1. The van der Waals surface area contributed by atoms with Crippen LogP contribution in [-0.4, -0.2) is 22.8 Å². The lowest BCUT2D eigenvalue weighted by Crippen LogP contribution is -1.81. The fourth-order valence-electron chi connectivity index (χ4n) is 1.45. The van der Waals surface area contributed by atoms with Crippen molar-refractivity contribution in [3.8, 4) is 5.75 Å². The van der Waals surface area contributed by atoms with Crippen LogP contribution in [0.25, 0.3) is 11.0 Å². The summed E-state index contributed by atoms with van der Waals surface area (Å²) in [4.78, 5) is 7.79. The molecule has 90 valence electrons. The van der Waals surface area contributed by atoms with E-state index in [4.69, 9.17) is 4.74 Å². The summed E-state index contributed by atoms with van der Waals surface area (Å²) in [5.74, 6) is 1.79. The number of hydrogen-bond donors (Lipinski definition) is 1. The monoisotopic (exact) mass is 248 g/mol. The molecule has 0 unspecified atom stereocenters. The van der Waals surface area contributed by atoms with Crippen LogP contribution in [0.3, 0.4) is 0 Å². The number of ether oxygens (including phenoxy) is 1. The van der Waals surface area contributed by atoms with Gasteiger partial charge in [-0.2, -0.15) is 0 Å². The van der Waals surface area contributed by atoms with E-state index in [0.717, 1.165) is 27.7 Å². The Balaban J connectivity index is 2.17.